The van der Waals surface area contributed by atoms with Crippen LogP contribution in [0.4, 0.5) is 16.5 Å². The molecule has 2 aromatic carbocycles. The third-order valence-corrected chi connectivity index (χ3v) is 6.49. The Labute approximate surface area is 190 Å². The largest absolute Gasteiger partial charge is 0.383 e. The van der Waals surface area contributed by atoms with Crippen LogP contribution in [0.5, 0.6) is 0 Å². The van der Waals surface area contributed by atoms with Crippen molar-refractivity contribution in [3.8, 4) is 17.2 Å². The second-order valence-electron chi connectivity index (χ2n) is 7.46. The molecule has 4 aromatic rings. The van der Waals surface area contributed by atoms with Gasteiger partial charge in [0.25, 0.3) is 5.91 Å². The molecule has 0 saturated carbocycles. The van der Waals surface area contributed by atoms with Crippen LogP contribution in [0.15, 0.2) is 48.5 Å². The molecule has 0 aliphatic rings. The van der Waals surface area contributed by atoms with Crippen LogP contribution >= 0.6 is 11.3 Å². The first-order valence-electron chi connectivity index (χ1n) is 10.3. The minimum atomic E-state index is -0.268. The SMILES string of the molecule is CCc1ccc(Nc2sc3c(-c4ccc(C)cc4)c(C#N)c(N)nc3c2C(=O)NC)cc1. The van der Waals surface area contributed by atoms with Gasteiger partial charge in [-0.05, 0) is 36.6 Å². The van der Waals surface area contributed by atoms with Gasteiger partial charge in [-0.3, -0.25) is 4.79 Å². The van der Waals surface area contributed by atoms with E-state index in [1.165, 1.54) is 16.9 Å². The van der Waals surface area contributed by atoms with Gasteiger partial charge in [-0.2, -0.15) is 5.26 Å². The van der Waals surface area contributed by atoms with Crippen LogP contribution in [0.1, 0.15) is 34.0 Å². The van der Waals surface area contributed by atoms with Crippen molar-refractivity contribution in [2.24, 2.45) is 0 Å². The Kier molecular flexibility index (Phi) is 5.80. The number of carbonyl (C=O) groups excluding carboxylic acids is 1. The number of nitrogens with two attached hydrogens (primary N) is 1. The number of fused-ring (bicyclic) bond motifs is 1. The first-order valence-corrected chi connectivity index (χ1v) is 11.1. The highest BCUT2D eigenvalue weighted by Gasteiger charge is 2.25. The molecule has 0 aliphatic carbocycles. The monoisotopic (exact) mass is 441 g/mol. The average molecular weight is 442 g/mol. The van der Waals surface area contributed by atoms with Crippen molar-refractivity contribution < 1.29 is 4.79 Å². The lowest BCUT2D eigenvalue weighted by Gasteiger charge is -2.09. The van der Waals surface area contributed by atoms with Crippen LogP contribution in [0, 0.1) is 18.3 Å². The Morgan fingerprint density at radius 2 is 1.84 bits per heavy atom. The third-order valence-electron chi connectivity index (χ3n) is 5.37. The van der Waals surface area contributed by atoms with E-state index in [1.807, 2.05) is 43.3 Å². The van der Waals surface area contributed by atoms with Crippen molar-refractivity contribution >= 4 is 44.0 Å². The lowest BCUT2D eigenvalue weighted by atomic mass is 9.99. The molecule has 7 heteroatoms. The number of nitrogens with zero attached hydrogens (tertiary/aromatic N) is 2. The summed E-state index contributed by atoms with van der Waals surface area (Å²) in [6.45, 7) is 4.11. The molecule has 0 atom stereocenters. The summed E-state index contributed by atoms with van der Waals surface area (Å²) < 4.78 is 0.742. The van der Waals surface area contributed by atoms with E-state index >= 15 is 0 Å². The zero-order chi connectivity index (χ0) is 22.8. The normalized spacial score (nSPS) is 10.7. The fourth-order valence-corrected chi connectivity index (χ4v) is 4.83. The van der Waals surface area contributed by atoms with Crippen molar-refractivity contribution in [3.05, 3.63) is 70.8 Å². The van der Waals surface area contributed by atoms with E-state index in [2.05, 4.69) is 40.7 Å². The maximum atomic E-state index is 12.9. The minimum Gasteiger partial charge on any atom is -0.383 e. The zero-order valence-corrected chi connectivity index (χ0v) is 18.9. The average Bonchev–Trinajstić information content (AvgIpc) is 3.16. The first-order chi connectivity index (χ1) is 15.5. The number of nitriles is 1. The van der Waals surface area contributed by atoms with E-state index < -0.39 is 0 Å². The Bertz CT molecular complexity index is 1350. The van der Waals surface area contributed by atoms with Gasteiger partial charge in [-0.15, -0.1) is 11.3 Å². The Balaban J connectivity index is 1.98. The number of aryl methyl sites for hydroxylation is 2. The van der Waals surface area contributed by atoms with Crippen LogP contribution < -0.4 is 16.4 Å². The van der Waals surface area contributed by atoms with Crippen molar-refractivity contribution in [3.63, 3.8) is 0 Å². The highest BCUT2D eigenvalue weighted by Crippen LogP contribution is 2.44. The molecule has 0 unspecified atom stereocenters. The van der Waals surface area contributed by atoms with Gasteiger partial charge in [0.15, 0.2) is 0 Å². The Morgan fingerprint density at radius 3 is 2.44 bits per heavy atom. The predicted molar refractivity (Wildman–Crippen MR) is 131 cm³/mol. The van der Waals surface area contributed by atoms with Gasteiger partial charge in [0.1, 0.15) is 28.0 Å². The maximum absolute atomic E-state index is 12.9. The van der Waals surface area contributed by atoms with Crippen molar-refractivity contribution in [1.29, 1.82) is 5.26 Å². The molecule has 4 N–H and O–H groups in total. The van der Waals surface area contributed by atoms with Gasteiger partial charge >= 0.3 is 0 Å². The van der Waals surface area contributed by atoms with E-state index in [1.54, 1.807) is 7.05 Å². The summed E-state index contributed by atoms with van der Waals surface area (Å²) in [6.07, 6.45) is 0.951. The van der Waals surface area contributed by atoms with Gasteiger partial charge in [0.05, 0.1) is 10.2 Å². The molecule has 0 aliphatic heterocycles. The van der Waals surface area contributed by atoms with E-state index in [9.17, 15) is 10.1 Å². The highest BCUT2D eigenvalue weighted by atomic mass is 32.1. The molecule has 0 bridgehead atoms. The number of hydrogen-bond donors (Lipinski definition) is 3. The summed E-state index contributed by atoms with van der Waals surface area (Å²) in [4.78, 5) is 17.3. The standard InChI is InChI=1S/C25H23N5OS/c1-4-15-7-11-17(12-8-15)29-25-20(24(31)28-3)21-22(32-25)19(18(13-26)23(27)30-21)16-9-5-14(2)6-10-16/h5-12,29H,4H2,1-3H3,(H2,27,30)(H,28,31). The molecule has 0 fully saturated rings. The van der Waals surface area contributed by atoms with Crippen molar-refractivity contribution in [1.82, 2.24) is 10.3 Å². The van der Waals surface area contributed by atoms with Crippen molar-refractivity contribution in [2.75, 3.05) is 18.1 Å². The summed E-state index contributed by atoms with van der Waals surface area (Å²) in [6, 6.07) is 18.2. The molecule has 4 rings (SSSR count). The quantitative estimate of drug-likeness (QED) is 0.385. The van der Waals surface area contributed by atoms with E-state index in [4.69, 9.17) is 5.73 Å². The smallest absolute Gasteiger partial charge is 0.256 e. The number of amides is 1. The minimum absolute atomic E-state index is 0.109. The number of thiophene rings is 1. The van der Waals surface area contributed by atoms with Crippen LogP contribution in [0.2, 0.25) is 0 Å². The summed E-state index contributed by atoms with van der Waals surface area (Å²) >= 11 is 1.40. The lowest BCUT2D eigenvalue weighted by molar-refractivity contribution is 0.0965. The molecule has 0 spiro atoms. The van der Waals surface area contributed by atoms with Gasteiger partial charge < -0.3 is 16.4 Å². The maximum Gasteiger partial charge on any atom is 0.256 e. The molecule has 160 valence electrons. The van der Waals surface area contributed by atoms with Gasteiger partial charge in [0.2, 0.25) is 0 Å². The second kappa shape index (κ2) is 8.69. The molecular formula is C25H23N5OS. The van der Waals surface area contributed by atoms with Gasteiger partial charge in [-0.1, -0.05) is 48.9 Å². The number of anilines is 3. The predicted octanol–water partition coefficient (Wildman–Crippen LogP) is 5.39. The fourth-order valence-electron chi connectivity index (χ4n) is 3.60. The number of nitrogens with one attached hydrogen (secondary N) is 2. The van der Waals surface area contributed by atoms with Gasteiger partial charge in [-0.25, -0.2) is 4.98 Å². The number of hydrogen-bond acceptors (Lipinski definition) is 6. The second-order valence-corrected chi connectivity index (χ2v) is 8.48. The fraction of sp³-hybridized carbons (Fsp3) is 0.160. The molecule has 1 amide bonds. The number of pyridine rings is 1. The summed E-state index contributed by atoms with van der Waals surface area (Å²) in [5, 5.41) is 16.5. The van der Waals surface area contributed by atoms with Crippen molar-refractivity contribution in [2.45, 2.75) is 20.3 Å². The molecule has 0 radical (unpaired) electrons. The number of aromatic nitrogens is 1. The van der Waals surface area contributed by atoms with E-state index in [-0.39, 0.29) is 11.7 Å². The number of carbonyl (C=O) groups is 1. The number of benzene rings is 2. The Hall–Kier alpha value is -3.89. The first kappa shape index (κ1) is 21.3. The summed E-state index contributed by atoms with van der Waals surface area (Å²) in [7, 11) is 1.58. The number of nitrogen functional groups attached to an aromatic ring is 1. The lowest BCUT2D eigenvalue weighted by Crippen LogP contribution is -2.18. The van der Waals surface area contributed by atoms with Crippen LogP contribution in [-0.4, -0.2) is 17.9 Å². The highest BCUT2D eigenvalue weighted by molar-refractivity contribution is 7.24. The molecule has 6 nitrogen and oxygen atoms in total. The molecule has 2 aromatic heterocycles. The molecule has 0 saturated heterocycles. The van der Waals surface area contributed by atoms with Crippen LogP contribution in [0.3, 0.4) is 0 Å². The van der Waals surface area contributed by atoms with Crippen LogP contribution in [-0.2, 0) is 6.42 Å². The zero-order valence-electron chi connectivity index (χ0n) is 18.1. The molecular weight excluding hydrogens is 418 g/mol. The van der Waals surface area contributed by atoms with Crippen LogP contribution in [0.25, 0.3) is 21.3 Å². The molecule has 2 heterocycles. The molecule has 32 heavy (non-hydrogen) atoms. The van der Waals surface area contributed by atoms with E-state index in [0.29, 0.717) is 27.2 Å². The van der Waals surface area contributed by atoms with E-state index in [0.717, 1.165) is 27.9 Å². The number of rotatable bonds is 5. The van der Waals surface area contributed by atoms with Gasteiger partial charge in [0, 0.05) is 18.3 Å². The topological polar surface area (TPSA) is 104 Å². The Morgan fingerprint density at radius 1 is 1.16 bits per heavy atom. The summed E-state index contributed by atoms with van der Waals surface area (Å²) in [5.41, 5.74) is 12.1. The third kappa shape index (κ3) is 3.77. The summed E-state index contributed by atoms with van der Waals surface area (Å²) in [5.74, 6) is -0.159.